The van der Waals surface area contributed by atoms with Gasteiger partial charge >= 0.3 is 6.18 Å². The molecular weight excluding hydrogens is 497 g/mol. The Hall–Kier alpha value is -2.45. The molecule has 3 atom stereocenters. The Morgan fingerprint density at radius 2 is 2.00 bits per heavy atom. The van der Waals surface area contributed by atoms with Gasteiger partial charge in [-0.15, -0.1) is 0 Å². The van der Waals surface area contributed by atoms with Gasteiger partial charge in [-0.2, -0.15) is 21.6 Å². The van der Waals surface area contributed by atoms with Crippen LogP contribution in [0.3, 0.4) is 0 Å². The summed E-state index contributed by atoms with van der Waals surface area (Å²) >= 11 is 5.74. The summed E-state index contributed by atoms with van der Waals surface area (Å²) in [5.74, 6) is 0.0312. The minimum Gasteiger partial charge on any atom is -0.393 e. The molecular formula is C20H22ClF3N6O3S. The number of nitrogens with two attached hydrogens (primary N) is 1. The van der Waals surface area contributed by atoms with Crippen molar-refractivity contribution in [2.45, 2.75) is 37.7 Å². The van der Waals surface area contributed by atoms with E-state index >= 15 is 0 Å². The molecule has 0 saturated heterocycles. The zero-order chi connectivity index (χ0) is 24.7. The summed E-state index contributed by atoms with van der Waals surface area (Å²) < 4.78 is 66.5. The molecule has 2 heterocycles. The number of rotatable bonds is 7. The van der Waals surface area contributed by atoms with Crippen molar-refractivity contribution in [3.63, 3.8) is 0 Å². The molecule has 4 rings (SSSR count). The number of benzene rings is 1. The fourth-order valence-electron chi connectivity index (χ4n) is 4.30. The zero-order valence-corrected chi connectivity index (χ0v) is 19.2. The summed E-state index contributed by atoms with van der Waals surface area (Å²) in [5, 5.41) is 18.9. The minimum atomic E-state index is -4.55. The monoisotopic (exact) mass is 518 g/mol. The van der Waals surface area contributed by atoms with Gasteiger partial charge in [0.25, 0.3) is 10.2 Å². The lowest BCUT2D eigenvalue weighted by Gasteiger charge is -2.15. The fourth-order valence-corrected chi connectivity index (χ4v) is 4.91. The van der Waals surface area contributed by atoms with Crippen LogP contribution in [-0.2, 0) is 22.9 Å². The van der Waals surface area contributed by atoms with E-state index in [-0.39, 0.29) is 35.6 Å². The van der Waals surface area contributed by atoms with Gasteiger partial charge in [0.05, 0.1) is 17.1 Å². The molecule has 1 aliphatic carbocycles. The maximum absolute atomic E-state index is 13.4. The predicted octanol–water partition coefficient (Wildman–Crippen LogP) is 2.82. The van der Waals surface area contributed by atoms with Crippen molar-refractivity contribution in [2.24, 2.45) is 11.1 Å². The van der Waals surface area contributed by atoms with Crippen molar-refractivity contribution >= 4 is 38.7 Å². The third-order valence-corrected chi connectivity index (χ3v) is 6.71. The first-order valence-electron chi connectivity index (χ1n) is 10.3. The maximum atomic E-state index is 13.4. The van der Waals surface area contributed by atoms with E-state index in [1.807, 2.05) is 4.57 Å². The third-order valence-electron chi connectivity index (χ3n) is 5.91. The standard InChI is InChI=1S/C20H22ClF3N6O3S/c21-13-2-1-11(16(6-13)20(22,23)24)8-26-18-15-3-4-30(19(15)28-10-27-18)14-5-12(17(31)7-14)9-29-34(25,32)33/h1-4,6,10,12,14,17,29,31H,5,7-9H2,(H2,25,32,33)(H,26,27,28)/t12-,14+,17-/m0/s1. The molecule has 0 spiro atoms. The van der Waals surface area contributed by atoms with E-state index in [1.165, 1.54) is 18.5 Å². The minimum absolute atomic E-state index is 0.00565. The lowest BCUT2D eigenvalue weighted by molar-refractivity contribution is -0.138. The van der Waals surface area contributed by atoms with E-state index < -0.39 is 28.1 Å². The molecule has 1 aromatic carbocycles. The second kappa shape index (κ2) is 9.30. The first-order chi connectivity index (χ1) is 15.9. The number of alkyl halides is 3. The van der Waals surface area contributed by atoms with Crippen LogP contribution in [0.5, 0.6) is 0 Å². The van der Waals surface area contributed by atoms with Crippen molar-refractivity contribution in [1.82, 2.24) is 19.3 Å². The molecule has 3 aromatic rings. The van der Waals surface area contributed by atoms with Crippen LogP contribution in [0.25, 0.3) is 11.0 Å². The number of aliphatic hydroxyl groups is 1. The van der Waals surface area contributed by atoms with Gasteiger partial charge in [-0.05, 0) is 36.6 Å². The summed E-state index contributed by atoms with van der Waals surface area (Å²) in [6, 6.07) is 5.18. The van der Waals surface area contributed by atoms with Gasteiger partial charge in [0, 0.05) is 36.3 Å². The molecule has 184 valence electrons. The van der Waals surface area contributed by atoms with Crippen molar-refractivity contribution in [1.29, 1.82) is 0 Å². The third kappa shape index (κ3) is 5.44. The highest BCUT2D eigenvalue weighted by molar-refractivity contribution is 7.87. The van der Waals surface area contributed by atoms with E-state index in [9.17, 15) is 26.7 Å². The van der Waals surface area contributed by atoms with E-state index in [1.54, 1.807) is 12.3 Å². The molecule has 0 radical (unpaired) electrons. The van der Waals surface area contributed by atoms with Gasteiger partial charge in [0.2, 0.25) is 0 Å². The highest BCUT2D eigenvalue weighted by Gasteiger charge is 2.35. The smallest absolute Gasteiger partial charge is 0.393 e. The van der Waals surface area contributed by atoms with Crippen LogP contribution in [0.15, 0.2) is 36.8 Å². The first kappa shape index (κ1) is 24.7. The molecule has 5 N–H and O–H groups in total. The molecule has 14 heteroatoms. The number of aliphatic hydroxyl groups excluding tert-OH is 1. The summed E-state index contributed by atoms with van der Waals surface area (Å²) in [6.07, 6.45) is -1.35. The molecule has 0 amide bonds. The summed E-state index contributed by atoms with van der Waals surface area (Å²) in [4.78, 5) is 8.48. The number of hydrogen-bond donors (Lipinski definition) is 4. The molecule has 1 aliphatic rings. The highest BCUT2D eigenvalue weighted by Crippen LogP contribution is 2.38. The van der Waals surface area contributed by atoms with E-state index in [0.29, 0.717) is 29.7 Å². The van der Waals surface area contributed by atoms with Crippen molar-refractivity contribution in [3.8, 4) is 0 Å². The molecule has 1 fully saturated rings. The number of nitrogens with zero attached hydrogens (tertiary/aromatic N) is 3. The number of nitrogens with one attached hydrogen (secondary N) is 2. The molecule has 0 bridgehead atoms. The van der Waals surface area contributed by atoms with Gasteiger partial charge in [0.1, 0.15) is 17.8 Å². The SMILES string of the molecule is NS(=O)(=O)NC[C@@H]1C[C@@H](n2ccc3c(NCc4ccc(Cl)cc4C(F)(F)F)ncnc32)C[C@@H]1O. The van der Waals surface area contributed by atoms with Crippen LogP contribution in [0.2, 0.25) is 5.02 Å². The number of fused-ring (bicyclic) bond motifs is 1. The predicted molar refractivity (Wildman–Crippen MR) is 120 cm³/mol. The second-order valence-electron chi connectivity index (χ2n) is 8.18. The molecule has 34 heavy (non-hydrogen) atoms. The van der Waals surface area contributed by atoms with Gasteiger partial charge in [0.15, 0.2) is 0 Å². The highest BCUT2D eigenvalue weighted by atomic mass is 35.5. The molecule has 2 aromatic heterocycles. The number of halogens is 4. The average Bonchev–Trinajstić information content (AvgIpc) is 3.33. The van der Waals surface area contributed by atoms with Gasteiger partial charge in [-0.3, -0.25) is 0 Å². The quantitative estimate of drug-likeness (QED) is 0.380. The van der Waals surface area contributed by atoms with E-state index in [4.69, 9.17) is 16.7 Å². The fraction of sp³-hybridized carbons (Fsp3) is 0.400. The summed E-state index contributed by atoms with van der Waals surface area (Å²) in [6.45, 7) is -0.118. The Bertz CT molecular complexity index is 1300. The lowest BCUT2D eigenvalue weighted by Crippen LogP contribution is -2.36. The van der Waals surface area contributed by atoms with Crippen LogP contribution < -0.4 is 15.2 Å². The van der Waals surface area contributed by atoms with Crippen molar-refractivity contribution in [3.05, 3.63) is 52.9 Å². The molecule has 0 aliphatic heterocycles. The van der Waals surface area contributed by atoms with Gasteiger partial charge < -0.3 is 15.0 Å². The Labute approximate surface area is 198 Å². The molecule has 1 saturated carbocycles. The Morgan fingerprint density at radius 3 is 2.71 bits per heavy atom. The molecule has 9 nitrogen and oxygen atoms in total. The maximum Gasteiger partial charge on any atom is 0.416 e. The normalized spacial score (nSPS) is 21.3. The zero-order valence-electron chi connectivity index (χ0n) is 17.6. The van der Waals surface area contributed by atoms with Crippen molar-refractivity contribution < 1.29 is 26.7 Å². The Kier molecular flexibility index (Phi) is 6.75. The number of anilines is 1. The topological polar surface area (TPSA) is 135 Å². The van der Waals surface area contributed by atoms with Crippen LogP contribution in [0.4, 0.5) is 19.0 Å². The van der Waals surface area contributed by atoms with Crippen LogP contribution in [0, 0.1) is 5.92 Å². The average molecular weight is 519 g/mol. The molecule has 0 unspecified atom stereocenters. The van der Waals surface area contributed by atoms with E-state index in [2.05, 4.69) is 20.0 Å². The largest absolute Gasteiger partial charge is 0.416 e. The number of hydrogen-bond acceptors (Lipinski definition) is 6. The summed E-state index contributed by atoms with van der Waals surface area (Å²) in [7, 11) is -3.87. The van der Waals surface area contributed by atoms with Crippen LogP contribution in [-0.4, -0.2) is 40.7 Å². The number of aromatic nitrogens is 3. The van der Waals surface area contributed by atoms with Gasteiger partial charge in [-0.1, -0.05) is 17.7 Å². The second-order valence-corrected chi connectivity index (χ2v) is 10.00. The summed E-state index contributed by atoms with van der Waals surface area (Å²) in [5.41, 5.74) is -0.261. The van der Waals surface area contributed by atoms with Crippen LogP contribution >= 0.6 is 11.6 Å². The van der Waals surface area contributed by atoms with Crippen LogP contribution in [0.1, 0.15) is 30.0 Å². The Morgan fingerprint density at radius 1 is 1.24 bits per heavy atom. The first-order valence-corrected chi connectivity index (χ1v) is 12.2. The van der Waals surface area contributed by atoms with E-state index in [0.717, 1.165) is 6.07 Å². The van der Waals surface area contributed by atoms with Crippen molar-refractivity contribution in [2.75, 3.05) is 11.9 Å². The van der Waals surface area contributed by atoms with Gasteiger partial charge in [-0.25, -0.2) is 19.8 Å². The lowest BCUT2D eigenvalue weighted by atomic mass is 10.1. The Balaban J connectivity index is 1.53.